The first-order valence-electron chi connectivity index (χ1n) is 10.0. The molecule has 1 saturated heterocycles. The highest BCUT2D eigenvalue weighted by molar-refractivity contribution is 7.89. The van der Waals surface area contributed by atoms with Gasteiger partial charge in [-0.2, -0.15) is 4.31 Å². The smallest absolute Gasteiger partial charge is 0.246 e. The summed E-state index contributed by atoms with van der Waals surface area (Å²) in [7, 11) is -3.70. The van der Waals surface area contributed by atoms with Gasteiger partial charge in [0.2, 0.25) is 10.0 Å². The van der Waals surface area contributed by atoms with E-state index in [4.69, 9.17) is 27.9 Å². The maximum absolute atomic E-state index is 13.5. The van der Waals surface area contributed by atoms with E-state index >= 15 is 0 Å². The van der Waals surface area contributed by atoms with Gasteiger partial charge in [-0.1, -0.05) is 50.0 Å². The van der Waals surface area contributed by atoms with Crippen LogP contribution in [0.4, 0.5) is 5.69 Å². The zero-order valence-corrected chi connectivity index (χ0v) is 20.1. The van der Waals surface area contributed by atoms with Crippen molar-refractivity contribution in [3.8, 4) is 5.75 Å². The van der Waals surface area contributed by atoms with Crippen LogP contribution in [0.15, 0.2) is 41.3 Å². The molecular formula is C22H28Cl2N2O3S. The van der Waals surface area contributed by atoms with Crippen molar-refractivity contribution in [3.05, 3.63) is 52.0 Å². The number of sulfonamides is 1. The molecule has 0 saturated carbocycles. The molecule has 0 unspecified atom stereocenters. The lowest BCUT2D eigenvalue weighted by Crippen LogP contribution is -2.48. The molecule has 0 radical (unpaired) electrons. The van der Waals surface area contributed by atoms with Crippen molar-refractivity contribution in [1.29, 1.82) is 0 Å². The number of halogens is 2. The predicted molar refractivity (Wildman–Crippen MR) is 124 cm³/mol. The summed E-state index contributed by atoms with van der Waals surface area (Å²) in [6.45, 7) is 10.2. The van der Waals surface area contributed by atoms with Crippen LogP contribution in [0.5, 0.6) is 5.75 Å². The molecule has 8 heteroatoms. The Morgan fingerprint density at radius 2 is 1.67 bits per heavy atom. The fraction of sp³-hybridized carbons (Fsp3) is 0.455. The lowest BCUT2D eigenvalue weighted by Gasteiger charge is -2.36. The minimum absolute atomic E-state index is 0.170. The second-order valence-electron chi connectivity index (χ2n) is 8.33. The Balaban J connectivity index is 1.87. The minimum atomic E-state index is -3.70. The van der Waals surface area contributed by atoms with Gasteiger partial charge in [0.05, 0.1) is 17.3 Å². The van der Waals surface area contributed by atoms with Gasteiger partial charge in [0.1, 0.15) is 10.6 Å². The molecule has 5 nitrogen and oxygen atoms in total. The summed E-state index contributed by atoms with van der Waals surface area (Å²) in [6.07, 6.45) is 0. The average molecular weight is 471 g/mol. The number of piperazine rings is 1. The van der Waals surface area contributed by atoms with Crippen LogP contribution in [0.3, 0.4) is 0 Å². The zero-order valence-electron chi connectivity index (χ0n) is 17.8. The molecule has 164 valence electrons. The van der Waals surface area contributed by atoms with E-state index in [1.165, 1.54) is 4.31 Å². The van der Waals surface area contributed by atoms with Crippen molar-refractivity contribution in [2.45, 2.75) is 38.0 Å². The van der Waals surface area contributed by atoms with Gasteiger partial charge in [0.15, 0.2) is 0 Å². The second-order valence-corrected chi connectivity index (χ2v) is 11.1. The first kappa shape index (κ1) is 23.2. The molecule has 30 heavy (non-hydrogen) atoms. The SMILES string of the molecule is CCOc1ccc(C(C)(C)C)cc1S(=O)(=O)N1CCN(c2cc(Cl)ccc2Cl)CC1. The van der Waals surface area contributed by atoms with Gasteiger partial charge in [-0.3, -0.25) is 0 Å². The van der Waals surface area contributed by atoms with Crippen LogP contribution >= 0.6 is 23.2 Å². The number of anilines is 1. The molecule has 0 amide bonds. The minimum Gasteiger partial charge on any atom is -0.492 e. The third kappa shape index (κ3) is 4.88. The lowest BCUT2D eigenvalue weighted by molar-refractivity contribution is 0.327. The molecule has 0 aromatic heterocycles. The summed E-state index contributed by atoms with van der Waals surface area (Å²) >= 11 is 12.4. The first-order chi connectivity index (χ1) is 14.0. The zero-order chi connectivity index (χ0) is 22.1. The molecule has 0 bridgehead atoms. The normalized spacial score (nSPS) is 16.0. The standard InChI is InChI=1S/C22H28Cl2N2O3S/c1-5-29-20-9-6-16(22(2,3)4)14-21(20)30(27,28)26-12-10-25(11-13-26)19-15-17(23)7-8-18(19)24/h6-9,14-15H,5,10-13H2,1-4H3. The number of ether oxygens (including phenoxy) is 1. The predicted octanol–water partition coefficient (Wildman–Crippen LogP) is 5.20. The van der Waals surface area contributed by atoms with E-state index in [0.29, 0.717) is 48.6 Å². The molecule has 0 N–H and O–H groups in total. The molecule has 0 aliphatic carbocycles. The van der Waals surface area contributed by atoms with E-state index in [9.17, 15) is 8.42 Å². The largest absolute Gasteiger partial charge is 0.492 e. The van der Waals surface area contributed by atoms with Crippen LogP contribution in [0.2, 0.25) is 10.0 Å². The van der Waals surface area contributed by atoms with Gasteiger partial charge in [0, 0.05) is 31.2 Å². The molecule has 2 aromatic rings. The van der Waals surface area contributed by atoms with Crippen molar-refractivity contribution < 1.29 is 13.2 Å². The van der Waals surface area contributed by atoms with E-state index in [-0.39, 0.29) is 10.3 Å². The van der Waals surface area contributed by atoms with Crippen LogP contribution in [-0.2, 0) is 15.4 Å². The van der Waals surface area contributed by atoms with Crippen molar-refractivity contribution in [2.75, 3.05) is 37.7 Å². The molecule has 1 heterocycles. The lowest BCUT2D eigenvalue weighted by atomic mass is 9.87. The van der Waals surface area contributed by atoms with E-state index in [2.05, 4.69) is 25.7 Å². The molecule has 1 fully saturated rings. The molecular weight excluding hydrogens is 443 g/mol. The highest BCUT2D eigenvalue weighted by atomic mass is 35.5. The summed E-state index contributed by atoms with van der Waals surface area (Å²) < 4.78 is 34.2. The number of hydrogen-bond acceptors (Lipinski definition) is 4. The molecule has 1 aliphatic heterocycles. The Kier molecular flexibility index (Phi) is 6.92. The van der Waals surface area contributed by atoms with Gasteiger partial charge < -0.3 is 9.64 Å². The molecule has 1 aliphatic rings. The third-order valence-corrected chi connectivity index (χ3v) is 7.69. The van der Waals surface area contributed by atoms with Gasteiger partial charge in [-0.25, -0.2) is 8.42 Å². The second kappa shape index (κ2) is 8.95. The number of hydrogen-bond donors (Lipinski definition) is 0. The van der Waals surface area contributed by atoms with Gasteiger partial charge in [0.25, 0.3) is 0 Å². The van der Waals surface area contributed by atoms with Gasteiger partial charge in [-0.15, -0.1) is 0 Å². The van der Waals surface area contributed by atoms with Crippen LogP contribution in [0, 0.1) is 0 Å². The summed E-state index contributed by atoms with van der Waals surface area (Å²) in [5.41, 5.74) is 1.61. The summed E-state index contributed by atoms with van der Waals surface area (Å²) in [4.78, 5) is 2.29. The number of nitrogens with zero attached hydrogens (tertiary/aromatic N) is 2. The average Bonchev–Trinajstić information content (AvgIpc) is 2.69. The first-order valence-corrected chi connectivity index (χ1v) is 12.2. The Morgan fingerprint density at radius 1 is 1.00 bits per heavy atom. The fourth-order valence-electron chi connectivity index (χ4n) is 3.49. The van der Waals surface area contributed by atoms with Crippen molar-refractivity contribution >= 4 is 38.9 Å². The maximum atomic E-state index is 13.5. The van der Waals surface area contributed by atoms with E-state index < -0.39 is 10.0 Å². The quantitative estimate of drug-likeness (QED) is 0.602. The van der Waals surface area contributed by atoms with Crippen LogP contribution in [0.1, 0.15) is 33.3 Å². The topological polar surface area (TPSA) is 49.9 Å². The van der Waals surface area contributed by atoms with Crippen molar-refractivity contribution in [3.63, 3.8) is 0 Å². The van der Waals surface area contributed by atoms with Gasteiger partial charge >= 0.3 is 0 Å². The molecule has 2 aromatic carbocycles. The van der Waals surface area contributed by atoms with E-state index in [0.717, 1.165) is 11.3 Å². The molecule has 0 atom stereocenters. The molecule has 3 rings (SSSR count). The fourth-order valence-corrected chi connectivity index (χ4v) is 5.47. The van der Waals surface area contributed by atoms with Gasteiger partial charge in [-0.05, 0) is 48.2 Å². The Bertz CT molecular complexity index is 1010. The Morgan fingerprint density at radius 3 is 2.27 bits per heavy atom. The summed E-state index contributed by atoms with van der Waals surface area (Å²) in [6, 6.07) is 10.8. The number of benzene rings is 2. The summed E-state index contributed by atoms with van der Waals surface area (Å²) in [5.74, 6) is 0.394. The molecule has 0 spiro atoms. The Labute approximate surface area is 189 Å². The highest BCUT2D eigenvalue weighted by Crippen LogP contribution is 2.34. The Hall–Kier alpha value is -1.47. The van der Waals surface area contributed by atoms with Crippen LogP contribution < -0.4 is 9.64 Å². The van der Waals surface area contributed by atoms with E-state index in [1.807, 2.05) is 19.1 Å². The van der Waals surface area contributed by atoms with Crippen molar-refractivity contribution in [2.24, 2.45) is 0 Å². The van der Waals surface area contributed by atoms with Crippen LogP contribution in [-0.4, -0.2) is 45.5 Å². The third-order valence-electron chi connectivity index (χ3n) is 5.21. The highest BCUT2D eigenvalue weighted by Gasteiger charge is 2.32. The van der Waals surface area contributed by atoms with E-state index in [1.54, 1.807) is 24.3 Å². The summed E-state index contributed by atoms with van der Waals surface area (Å²) in [5, 5.41) is 1.21. The van der Waals surface area contributed by atoms with Crippen LogP contribution in [0.25, 0.3) is 0 Å². The maximum Gasteiger partial charge on any atom is 0.246 e. The number of rotatable bonds is 5. The van der Waals surface area contributed by atoms with Crippen molar-refractivity contribution in [1.82, 2.24) is 4.31 Å². The monoisotopic (exact) mass is 470 g/mol.